The van der Waals surface area contributed by atoms with E-state index in [2.05, 4.69) is 170 Å². The highest BCUT2D eigenvalue weighted by Gasteiger charge is 2.35. The number of hydrogen-bond donors (Lipinski definition) is 3. The minimum Gasteiger partial charge on any atom is -0.390 e. The number of likely N-dealkylation sites (tertiary alicyclic amines) is 2. The van der Waals surface area contributed by atoms with E-state index in [0.29, 0.717) is 23.5 Å². The molecule has 4 amide bonds. The van der Waals surface area contributed by atoms with Crippen molar-refractivity contribution in [3.8, 4) is 0 Å². The number of amides is 4. The molecule has 3 fully saturated rings. The molecule has 0 aliphatic carbocycles. The summed E-state index contributed by atoms with van der Waals surface area (Å²) >= 11 is 0. The average Bonchev–Trinajstić information content (AvgIpc) is 0.890. The van der Waals surface area contributed by atoms with Gasteiger partial charge in [0.15, 0.2) is 29.5 Å². The lowest BCUT2D eigenvalue weighted by Crippen LogP contribution is -2.47. The number of rotatable bonds is 5. The number of nitrogens with zero attached hydrogens (tertiary/aromatic N) is 7. The number of ether oxygens (including phenoxy) is 4. The van der Waals surface area contributed by atoms with Gasteiger partial charge < -0.3 is 44.1 Å². The van der Waals surface area contributed by atoms with Crippen LogP contribution in [0.15, 0.2) is 6.33 Å². The summed E-state index contributed by atoms with van der Waals surface area (Å²) in [5.74, 6) is 2.31. The largest absolute Gasteiger partial charge is 0.390 e. The molecule has 134 heavy (non-hydrogen) atoms. The second-order valence-electron chi connectivity index (χ2n) is 51.5. The lowest BCUT2D eigenvalue weighted by Gasteiger charge is -2.38. The fourth-order valence-electron chi connectivity index (χ4n) is 10.1. The first-order valence-corrected chi connectivity index (χ1v) is 54.9. The Morgan fingerprint density at radius 3 is 0.963 bits per heavy atom. The van der Waals surface area contributed by atoms with E-state index in [4.69, 9.17) is 18.9 Å². The molecule has 0 unspecified atom stereocenters. The third-order valence-corrected chi connectivity index (χ3v) is 27.0. The molecule has 3 aliphatic heterocycles. The monoisotopic (exact) mass is 2000 g/mol. The first-order valence-electron chi connectivity index (χ1n) is 47.9. The summed E-state index contributed by atoms with van der Waals surface area (Å²) in [7, 11) is -6.17. The number of Topliss-reactive ketones (excluding diaryl/α,β-unsaturated/α-hetero) is 1. The maximum Gasteiger partial charge on any atom is 0.227 e. The third-order valence-electron chi connectivity index (χ3n) is 18.2. The van der Waals surface area contributed by atoms with Crippen molar-refractivity contribution in [3.63, 3.8) is 0 Å². The Bertz CT molecular complexity index is 3770. The SMILES string of the molecule is CC(=O)C(C)(C)C.CC(=O)NC(C)(C)C.CC(C)(C)C(=O)N1CCCCC1.CC(C)(C)C(C)(C)O.CC(C)(C)N1CCCC1=O.CC(C)(C)N1CCOCC1.CC(C)(C)NS(C)(=O)=O.CC(C)(C)OC(C)(C)C.CC(C)(C)S(C)(=O)=O.CC(C)OC(C)(C)C.CC(C)S(=O)(=O)C(C)(C)C.CCOC(C)(C)C.CCS(=O)(=O)C(C)(C)C.CN(C)C(=O)C(C)(C)C.Cn1ncnc1C(C)(C)C. The van der Waals surface area contributed by atoms with Crippen molar-refractivity contribution in [2.75, 3.05) is 84.9 Å². The van der Waals surface area contributed by atoms with Gasteiger partial charge in [-0.3, -0.25) is 33.6 Å². The summed E-state index contributed by atoms with van der Waals surface area (Å²) < 4.78 is 111. The van der Waals surface area contributed by atoms with Crippen LogP contribution in [0.2, 0.25) is 0 Å². The summed E-state index contributed by atoms with van der Waals surface area (Å²) in [4.78, 5) is 67.0. The van der Waals surface area contributed by atoms with E-state index in [-0.39, 0.29) is 94.7 Å². The van der Waals surface area contributed by atoms with Gasteiger partial charge in [0.25, 0.3) is 0 Å². The zero-order valence-corrected chi connectivity index (χ0v) is 103. The molecule has 0 atom stereocenters. The van der Waals surface area contributed by atoms with Crippen LogP contribution in [-0.2, 0) is 94.9 Å². The molecule has 812 valence electrons. The molecule has 4 heterocycles. The highest BCUT2D eigenvalue weighted by Crippen LogP contribution is 2.29. The van der Waals surface area contributed by atoms with Crippen LogP contribution in [-0.4, -0.2) is 263 Å². The summed E-state index contributed by atoms with van der Waals surface area (Å²) in [5, 5.41) is 15.8. The van der Waals surface area contributed by atoms with Crippen LogP contribution in [0.4, 0.5) is 0 Å². The van der Waals surface area contributed by atoms with Gasteiger partial charge >= 0.3 is 0 Å². The van der Waals surface area contributed by atoms with Crippen molar-refractivity contribution in [3.05, 3.63) is 12.2 Å². The van der Waals surface area contributed by atoms with Crippen LogP contribution in [0.3, 0.4) is 0 Å². The van der Waals surface area contributed by atoms with Crippen LogP contribution in [0.1, 0.15) is 440 Å². The van der Waals surface area contributed by atoms with E-state index in [1.807, 2.05) is 155 Å². The first kappa shape index (κ1) is 153. The number of aliphatic hydroxyl groups is 1. The number of hydrogen-bond acceptors (Lipinski definition) is 21. The maximum atomic E-state index is 11.7. The summed E-state index contributed by atoms with van der Waals surface area (Å²) in [6, 6.07) is 0. The van der Waals surface area contributed by atoms with Crippen molar-refractivity contribution < 1.29 is 81.7 Å². The molecule has 3 saturated heterocycles. The second-order valence-corrected chi connectivity index (χ2v) is 62.3. The number of nitrogens with one attached hydrogen (secondary N) is 2. The standard InChI is InChI=1S/C10H19NO.C8H17NO.C8H15NO.C8H18O.C7H13N3.C7H15NO.C7H16O2S.2C7H16O.C6H13NO.C6H14O2S.C6H14O.C6H12O.C5H13NO2S.C5H12O2S/c1-10(2,3)9(12)11-7-5-4-6-8-11;1-8(2,3)9-4-6-10-7-5-9;1-8(2,3)9-6-4-5-7(9)10;1-7(2,3)9-8(4,5)6;1-7(2,3)6-8-5-9-10(6)4;1-7(2,3)6(9)8(4)5;1-6(2)10(8,9)7(3,4)5;1-6(2)8-7(3,4)5;1-6(2,3)7(4,5)8;1-5(8)7-6(2,3)4;1-5-9(7,8)6(2,3)4;1-5-7-6(2,3)4;1-5(7)6(2,3)4;1-5(2,3)6-9(4,7)8;1-5(2,3)8(4,6)7/h4-8H2,1-3H3;4-7H2,1-3H3;4-6H2,1-3H3;1-6H3;5H,1-4H3;1-5H3;6H,1-5H3;6H,1-5H3;8H,1-5H3;1-4H3,(H,7,8);5H2,1-4H3;5H2,1-4H3;1-4H3;6H,1-4H3;1-4H3. The Hall–Kier alpha value is -3.79. The molecule has 1 aromatic heterocycles. The Labute approximate surface area is 830 Å². The molecule has 0 spiro atoms. The number of aromatic nitrogens is 3. The third kappa shape index (κ3) is 95.7. The van der Waals surface area contributed by atoms with E-state index < -0.39 is 59.4 Å². The summed E-state index contributed by atoms with van der Waals surface area (Å²) in [6.07, 6.45) is 9.76. The Morgan fingerprint density at radius 1 is 0.507 bits per heavy atom. The number of carbonyl (C=O) groups excluding carboxylic acids is 5. The Balaban J connectivity index is -0.000000135. The van der Waals surface area contributed by atoms with E-state index in [0.717, 1.165) is 77.5 Å². The highest BCUT2D eigenvalue weighted by atomic mass is 32.2. The predicted molar refractivity (Wildman–Crippen MR) is 573 cm³/mol. The van der Waals surface area contributed by atoms with Crippen LogP contribution in [0.5, 0.6) is 0 Å². The van der Waals surface area contributed by atoms with Gasteiger partial charge in [-0.15, -0.1) is 0 Å². The van der Waals surface area contributed by atoms with Gasteiger partial charge in [-0.05, 0) is 315 Å². The quantitative estimate of drug-likeness (QED) is 0.246. The van der Waals surface area contributed by atoms with Crippen molar-refractivity contribution in [2.24, 2.45) is 28.7 Å². The highest BCUT2D eigenvalue weighted by molar-refractivity contribution is 7.93. The fraction of sp³-hybridized carbons (Fsp3) is 0.932. The number of aryl methyl sites for hydroxylation is 1. The zero-order chi connectivity index (χ0) is 111. The number of carbonyl (C=O) groups is 5. The first-order chi connectivity index (χ1) is 57.8. The number of sulfonamides is 1. The maximum absolute atomic E-state index is 11.7. The molecule has 3 N–H and O–H groups in total. The summed E-state index contributed by atoms with van der Waals surface area (Å²) in [5.41, 5.74) is -1.07. The van der Waals surface area contributed by atoms with E-state index >= 15 is 0 Å². The van der Waals surface area contributed by atoms with Crippen LogP contribution in [0.25, 0.3) is 0 Å². The zero-order valence-electron chi connectivity index (χ0n) is 99.3. The smallest absolute Gasteiger partial charge is 0.227 e. The van der Waals surface area contributed by atoms with Gasteiger partial charge in [-0.25, -0.2) is 43.4 Å². The molecule has 0 radical (unpaired) electrons. The number of ketones is 1. The van der Waals surface area contributed by atoms with Crippen LogP contribution in [0, 0.1) is 21.7 Å². The topological polar surface area (TPSA) is 347 Å². The molecule has 0 bridgehead atoms. The molecular formula is C103H223N9O18S4. The lowest BCUT2D eigenvalue weighted by atomic mass is 9.79. The van der Waals surface area contributed by atoms with Gasteiger partial charge in [-0.1, -0.05) is 111 Å². The molecular weight excluding hydrogens is 1780 g/mol. The van der Waals surface area contributed by atoms with E-state index in [1.54, 1.807) is 141 Å². The molecule has 4 rings (SSSR count). The molecule has 27 nitrogen and oxygen atoms in total. The van der Waals surface area contributed by atoms with Gasteiger partial charge in [0.1, 0.15) is 17.9 Å². The van der Waals surface area contributed by atoms with E-state index in [1.165, 1.54) is 32.4 Å². The minimum absolute atomic E-state index is 0.00694. The Morgan fingerprint density at radius 2 is 0.873 bits per heavy atom. The van der Waals surface area contributed by atoms with Crippen molar-refractivity contribution in [1.82, 2.24) is 44.4 Å². The molecule has 1 aromatic rings. The number of morpholine rings is 1. The van der Waals surface area contributed by atoms with Crippen molar-refractivity contribution >= 4 is 68.9 Å². The normalized spacial score (nSPS) is 14.8. The van der Waals surface area contributed by atoms with Crippen LogP contribution >= 0.6 is 0 Å². The van der Waals surface area contributed by atoms with E-state index in [9.17, 15) is 62.8 Å². The minimum atomic E-state index is -3.03. The lowest BCUT2D eigenvalue weighted by molar-refractivity contribution is -0.140. The molecule has 0 saturated carbocycles. The molecule has 0 aromatic carbocycles. The Kier molecular flexibility index (Phi) is 71.5. The molecule has 3 aliphatic rings. The fourth-order valence-corrected chi connectivity index (χ4v) is 13.5. The molecule has 31 heteroatoms. The predicted octanol–water partition coefficient (Wildman–Crippen LogP) is 21.8. The summed E-state index contributed by atoms with van der Waals surface area (Å²) in [6.45, 7) is 120. The van der Waals surface area contributed by atoms with Crippen molar-refractivity contribution in [1.29, 1.82) is 0 Å². The second kappa shape index (κ2) is 62.6. The number of piperidine rings is 1. The van der Waals surface area contributed by atoms with Gasteiger partial charge in [0.05, 0.1) is 73.1 Å². The van der Waals surface area contributed by atoms with Gasteiger partial charge in [0.2, 0.25) is 33.7 Å². The number of sulfone groups is 3. The van der Waals surface area contributed by atoms with Gasteiger partial charge in [0, 0.05) is 130 Å². The average molecular weight is 2000 g/mol. The van der Waals surface area contributed by atoms with Gasteiger partial charge in [-0.2, -0.15) is 5.10 Å². The van der Waals surface area contributed by atoms with Crippen LogP contribution < -0.4 is 10.0 Å². The van der Waals surface area contributed by atoms with Crippen molar-refractivity contribution in [2.45, 2.75) is 515 Å².